The van der Waals surface area contributed by atoms with Crippen molar-refractivity contribution in [1.82, 2.24) is 5.32 Å². The molecule has 0 aliphatic heterocycles. The van der Waals surface area contributed by atoms with E-state index in [0.29, 0.717) is 12.5 Å². The first-order valence-electron chi connectivity index (χ1n) is 6.93. The largest absolute Gasteiger partial charge is 0.493 e. The molecule has 0 bridgehead atoms. The molecule has 19 heavy (non-hydrogen) atoms. The van der Waals surface area contributed by atoms with Gasteiger partial charge >= 0.3 is 0 Å². The van der Waals surface area contributed by atoms with Crippen LogP contribution in [0.2, 0.25) is 0 Å². The number of methoxy groups -OCH3 is 1. The van der Waals surface area contributed by atoms with Gasteiger partial charge in [0.1, 0.15) is 0 Å². The molecule has 0 heterocycles. The van der Waals surface area contributed by atoms with Crippen molar-refractivity contribution in [2.75, 3.05) is 20.3 Å². The van der Waals surface area contributed by atoms with Crippen LogP contribution in [0.15, 0.2) is 24.3 Å². The van der Waals surface area contributed by atoms with Gasteiger partial charge in [0.15, 0.2) is 11.5 Å². The molecule has 1 rings (SSSR count). The zero-order valence-electron chi connectivity index (χ0n) is 12.8. The maximum absolute atomic E-state index is 5.78. The topological polar surface area (TPSA) is 30.5 Å². The first-order valence-corrected chi connectivity index (χ1v) is 6.93. The Morgan fingerprint density at radius 2 is 1.79 bits per heavy atom. The van der Waals surface area contributed by atoms with Crippen molar-refractivity contribution >= 4 is 0 Å². The van der Waals surface area contributed by atoms with Gasteiger partial charge in [-0.05, 0) is 51.8 Å². The van der Waals surface area contributed by atoms with Gasteiger partial charge in [-0.25, -0.2) is 0 Å². The number of rotatable bonds is 7. The van der Waals surface area contributed by atoms with Crippen molar-refractivity contribution in [3.05, 3.63) is 24.3 Å². The fraction of sp³-hybridized carbons (Fsp3) is 0.625. The van der Waals surface area contributed by atoms with E-state index < -0.39 is 0 Å². The zero-order chi connectivity index (χ0) is 14.3. The fourth-order valence-corrected chi connectivity index (χ4v) is 1.69. The maximum atomic E-state index is 5.78. The third-order valence-corrected chi connectivity index (χ3v) is 2.92. The Hall–Kier alpha value is -1.22. The molecule has 108 valence electrons. The molecule has 1 aromatic rings. The lowest BCUT2D eigenvalue weighted by Crippen LogP contribution is -2.38. The molecule has 0 aliphatic rings. The van der Waals surface area contributed by atoms with Gasteiger partial charge in [0.05, 0.1) is 13.7 Å². The van der Waals surface area contributed by atoms with Gasteiger partial charge in [-0.3, -0.25) is 0 Å². The van der Waals surface area contributed by atoms with Gasteiger partial charge in [0, 0.05) is 5.54 Å². The minimum absolute atomic E-state index is 0.178. The highest BCUT2D eigenvalue weighted by Gasteiger charge is 2.11. The van der Waals surface area contributed by atoms with Crippen LogP contribution in [0.3, 0.4) is 0 Å². The lowest BCUT2D eigenvalue weighted by atomic mass is 10.0. The van der Waals surface area contributed by atoms with Gasteiger partial charge in [-0.1, -0.05) is 19.1 Å². The first kappa shape index (κ1) is 15.8. The summed E-state index contributed by atoms with van der Waals surface area (Å²) in [6, 6.07) is 7.76. The molecule has 0 aromatic heterocycles. The van der Waals surface area contributed by atoms with E-state index in [1.54, 1.807) is 7.11 Å². The van der Waals surface area contributed by atoms with E-state index in [4.69, 9.17) is 9.47 Å². The Morgan fingerprint density at radius 1 is 1.16 bits per heavy atom. The smallest absolute Gasteiger partial charge is 0.161 e. The Kier molecular flexibility index (Phi) is 6.16. The molecule has 3 heteroatoms. The molecule has 1 unspecified atom stereocenters. The second-order valence-electron chi connectivity index (χ2n) is 6.02. The van der Waals surface area contributed by atoms with Crippen LogP contribution in [-0.2, 0) is 0 Å². The maximum Gasteiger partial charge on any atom is 0.161 e. The number of hydrogen-bond acceptors (Lipinski definition) is 3. The summed E-state index contributed by atoms with van der Waals surface area (Å²) < 4.78 is 11.0. The second-order valence-corrected chi connectivity index (χ2v) is 6.02. The van der Waals surface area contributed by atoms with Crippen molar-refractivity contribution in [1.29, 1.82) is 0 Å². The predicted molar refractivity (Wildman–Crippen MR) is 80.0 cm³/mol. The molecule has 1 N–H and O–H groups in total. The van der Waals surface area contributed by atoms with Crippen LogP contribution in [0.4, 0.5) is 0 Å². The van der Waals surface area contributed by atoms with E-state index in [9.17, 15) is 0 Å². The number of nitrogens with one attached hydrogen (secondary N) is 1. The van der Waals surface area contributed by atoms with Crippen LogP contribution in [0.5, 0.6) is 11.5 Å². The molecule has 0 saturated carbocycles. The van der Waals surface area contributed by atoms with Gasteiger partial charge in [-0.2, -0.15) is 0 Å². The molecule has 0 saturated heterocycles. The van der Waals surface area contributed by atoms with E-state index in [2.05, 4.69) is 33.0 Å². The molecule has 0 amide bonds. The normalized spacial score (nSPS) is 13.1. The summed E-state index contributed by atoms with van der Waals surface area (Å²) in [7, 11) is 1.66. The van der Waals surface area contributed by atoms with Crippen LogP contribution in [-0.4, -0.2) is 25.8 Å². The Bertz CT molecular complexity index is 371. The minimum atomic E-state index is 0.178. The SMILES string of the molecule is COc1ccccc1OCCC(C)CNC(C)(C)C. The first-order chi connectivity index (χ1) is 8.92. The highest BCUT2D eigenvalue weighted by Crippen LogP contribution is 2.26. The Morgan fingerprint density at radius 3 is 2.37 bits per heavy atom. The van der Waals surface area contributed by atoms with E-state index >= 15 is 0 Å². The molecule has 0 radical (unpaired) electrons. The van der Waals surface area contributed by atoms with E-state index in [-0.39, 0.29) is 5.54 Å². The molecule has 1 aromatic carbocycles. The van der Waals surface area contributed by atoms with Crippen molar-refractivity contribution in [2.24, 2.45) is 5.92 Å². The van der Waals surface area contributed by atoms with Crippen molar-refractivity contribution in [3.8, 4) is 11.5 Å². The summed E-state index contributed by atoms with van der Waals surface area (Å²) in [6.07, 6.45) is 1.03. The van der Waals surface area contributed by atoms with Gasteiger partial charge in [-0.15, -0.1) is 0 Å². The number of benzene rings is 1. The van der Waals surface area contributed by atoms with Gasteiger partial charge < -0.3 is 14.8 Å². The minimum Gasteiger partial charge on any atom is -0.493 e. The van der Waals surface area contributed by atoms with Crippen LogP contribution < -0.4 is 14.8 Å². The van der Waals surface area contributed by atoms with Crippen LogP contribution >= 0.6 is 0 Å². The fourth-order valence-electron chi connectivity index (χ4n) is 1.69. The molecular formula is C16H27NO2. The molecule has 0 aliphatic carbocycles. The number of ether oxygens (including phenoxy) is 2. The summed E-state index contributed by atoms with van der Waals surface area (Å²) in [5.41, 5.74) is 0.178. The quantitative estimate of drug-likeness (QED) is 0.818. The van der Waals surface area contributed by atoms with Gasteiger partial charge in [0.25, 0.3) is 0 Å². The average molecular weight is 265 g/mol. The van der Waals surface area contributed by atoms with Crippen molar-refractivity contribution in [2.45, 2.75) is 39.7 Å². The third-order valence-electron chi connectivity index (χ3n) is 2.92. The Balaban J connectivity index is 2.30. The molecule has 1 atom stereocenters. The highest BCUT2D eigenvalue weighted by atomic mass is 16.5. The van der Waals surface area contributed by atoms with Crippen molar-refractivity contribution in [3.63, 3.8) is 0 Å². The highest BCUT2D eigenvalue weighted by molar-refractivity contribution is 5.39. The monoisotopic (exact) mass is 265 g/mol. The van der Waals surface area contributed by atoms with Crippen LogP contribution in [0, 0.1) is 5.92 Å². The summed E-state index contributed by atoms with van der Waals surface area (Å²) in [5, 5.41) is 3.51. The summed E-state index contributed by atoms with van der Waals surface area (Å²) in [5.74, 6) is 2.21. The van der Waals surface area contributed by atoms with E-state index in [1.165, 1.54) is 0 Å². The predicted octanol–water partition coefficient (Wildman–Crippen LogP) is 3.49. The van der Waals surface area contributed by atoms with Crippen LogP contribution in [0.25, 0.3) is 0 Å². The van der Waals surface area contributed by atoms with E-state index in [0.717, 1.165) is 24.5 Å². The summed E-state index contributed by atoms with van der Waals surface area (Å²) in [6.45, 7) is 10.5. The summed E-state index contributed by atoms with van der Waals surface area (Å²) in [4.78, 5) is 0. The molecule has 3 nitrogen and oxygen atoms in total. The lowest BCUT2D eigenvalue weighted by molar-refractivity contribution is 0.260. The lowest BCUT2D eigenvalue weighted by Gasteiger charge is -2.23. The van der Waals surface area contributed by atoms with Crippen molar-refractivity contribution < 1.29 is 9.47 Å². The summed E-state index contributed by atoms with van der Waals surface area (Å²) >= 11 is 0. The average Bonchev–Trinajstić information content (AvgIpc) is 2.36. The van der Waals surface area contributed by atoms with E-state index in [1.807, 2.05) is 24.3 Å². The Labute approximate surface area is 117 Å². The zero-order valence-corrected chi connectivity index (χ0v) is 12.8. The molecule has 0 spiro atoms. The second kappa shape index (κ2) is 7.39. The molecule has 0 fully saturated rings. The number of hydrogen-bond donors (Lipinski definition) is 1. The van der Waals surface area contributed by atoms with Crippen LogP contribution in [0.1, 0.15) is 34.1 Å². The van der Waals surface area contributed by atoms with Gasteiger partial charge in [0.2, 0.25) is 0 Å². The molecular weight excluding hydrogens is 238 g/mol. The number of para-hydroxylation sites is 2. The third kappa shape index (κ3) is 6.48. The standard InChI is InChI=1S/C16H27NO2/c1-13(12-17-16(2,3)4)10-11-19-15-9-7-6-8-14(15)18-5/h6-9,13,17H,10-12H2,1-5H3.